The number of rotatable bonds is 7. The molecule has 1 saturated heterocycles. The molecule has 1 aliphatic heterocycles. The molecule has 2 rings (SSSR count). The molecule has 1 heterocycles. The van der Waals surface area contributed by atoms with E-state index in [4.69, 9.17) is 14.2 Å². The standard InChI is InChI=1S/C17H23NO3.C2H6/c1-14(2)20-13-21-15(3)17-6-4-16(5-7-17)12-18-8-10-19-11-9-18;1-2/h4-7H,1,3,8-13H2,2H3;1-2H3. The predicted octanol–water partition coefficient (Wildman–Crippen LogP) is 4.04. The summed E-state index contributed by atoms with van der Waals surface area (Å²) in [5.41, 5.74) is 2.25. The van der Waals surface area contributed by atoms with Crippen LogP contribution >= 0.6 is 0 Å². The second-order valence-electron chi connectivity index (χ2n) is 5.12. The van der Waals surface area contributed by atoms with Crippen molar-refractivity contribution in [1.82, 2.24) is 4.90 Å². The van der Waals surface area contributed by atoms with Crippen molar-refractivity contribution in [3.05, 3.63) is 54.3 Å². The van der Waals surface area contributed by atoms with Crippen LogP contribution < -0.4 is 0 Å². The molecule has 0 radical (unpaired) electrons. The quantitative estimate of drug-likeness (QED) is 0.560. The van der Waals surface area contributed by atoms with Gasteiger partial charge in [0.1, 0.15) is 5.76 Å². The largest absolute Gasteiger partial charge is 0.463 e. The molecule has 4 nitrogen and oxygen atoms in total. The van der Waals surface area contributed by atoms with Crippen molar-refractivity contribution in [2.45, 2.75) is 27.3 Å². The number of hydrogen-bond donors (Lipinski definition) is 0. The lowest BCUT2D eigenvalue weighted by atomic mass is 10.1. The number of hydrogen-bond acceptors (Lipinski definition) is 4. The topological polar surface area (TPSA) is 30.9 Å². The van der Waals surface area contributed by atoms with Crippen LogP contribution in [0.1, 0.15) is 31.9 Å². The lowest BCUT2D eigenvalue weighted by Gasteiger charge is -2.26. The number of benzene rings is 1. The minimum absolute atomic E-state index is 0.143. The van der Waals surface area contributed by atoms with Gasteiger partial charge in [0.05, 0.1) is 19.0 Å². The van der Waals surface area contributed by atoms with Crippen LogP contribution in [-0.2, 0) is 20.8 Å². The molecule has 1 fully saturated rings. The van der Waals surface area contributed by atoms with Gasteiger partial charge in [0.15, 0.2) is 0 Å². The Morgan fingerprint density at radius 3 is 2.26 bits per heavy atom. The number of morpholine rings is 1. The van der Waals surface area contributed by atoms with E-state index in [0.717, 1.165) is 38.4 Å². The average molecular weight is 319 g/mol. The van der Waals surface area contributed by atoms with Crippen molar-refractivity contribution in [3.8, 4) is 0 Å². The van der Waals surface area contributed by atoms with Gasteiger partial charge in [-0.1, -0.05) is 51.3 Å². The lowest BCUT2D eigenvalue weighted by molar-refractivity contribution is 0.0342. The van der Waals surface area contributed by atoms with Gasteiger partial charge in [0.2, 0.25) is 6.79 Å². The molecule has 1 aromatic carbocycles. The zero-order valence-electron chi connectivity index (χ0n) is 14.6. The molecule has 0 N–H and O–H groups in total. The molecule has 0 aromatic heterocycles. The molecule has 0 bridgehead atoms. The molecular weight excluding hydrogens is 290 g/mol. The summed E-state index contributed by atoms with van der Waals surface area (Å²) in [5.74, 6) is 1.23. The van der Waals surface area contributed by atoms with Gasteiger partial charge in [-0.05, 0) is 12.5 Å². The summed E-state index contributed by atoms with van der Waals surface area (Å²) in [7, 11) is 0. The van der Waals surface area contributed by atoms with E-state index in [2.05, 4.69) is 30.2 Å². The molecule has 23 heavy (non-hydrogen) atoms. The summed E-state index contributed by atoms with van der Waals surface area (Å²) in [6.07, 6.45) is 0. The van der Waals surface area contributed by atoms with E-state index in [-0.39, 0.29) is 6.79 Å². The van der Waals surface area contributed by atoms with Crippen LogP contribution in [-0.4, -0.2) is 38.0 Å². The highest BCUT2D eigenvalue weighted by molar-refractivity contribution is 5.57. The number of ether oxygens (including phenoxy) is 3. The van der Waals surface area contributed by atoms with Crippen LogP contribution in [0, 0.1) is 0 Å². The Bertz CT molecular complexity index is 476. The van der Waals surface area contributed by atoms with Gasteiger partial charge in [0, 0.05) is 25.2 Å². The minimum atomic E-state index is 0.143. The SMILES string of the molecule is C=C(C)OCOC(=C)c1ccc(CN2CCOCC2)cc1.CC. The smallest absolute Gasteiger partial charge is 0.230 e. The second kappa shape index (κ2) is 10.9. The average Bonchev–Trinajstić information content (AvgIpc) is 2.58. The van der Waals surface area contributed by atoms with Gasteiger partial charge in [-0.2, -0.15) is 0 Å². The van der Waals surface area contributed by atoms with Crippen LogP contribution in [0.2, 0.25) is 0 Å². The Morgan fingerprint density at radius 1 is 1.09 bits per heavy atom. The first-order chi connectivity index (χ1) is 11.1. The minimum Gasteiger partial charge on any atom is -0.463 e. The van der Waals surface area contributed by atoms with Crippen molar-refractivity contribution in [3.63, 3.8) is 0 Å². The maximum atomic E-state index is 5.42. The van der Waals surface area contributed by atoms with E-state index in [9.17, 15) is 0 Å². The van der Waals surface area contributed by atoms with Crippen LogP contribution in [0.5, 0.6) is 0 Å². The van der Waals surface area contributed by atoms with E-state index in [1.54, 1.807) is 6.92 Å². The summed E-state index contributed by atoms with van der Waals surface area (Å²) in [5, 5.41) is 0. The summed E-state index contributed by atoms with van der Waals surface area (Å²) < 4.78 is 15.9. The van der Waals surface area contributed by atoms with Crippen molar-refractivity contribution < 1.29 is 14.2 Å². The molecule has 128 valence electrons. The fraction of sp³-hybridized carbons (Fsp3) is 0.474. The van der Waals surface area contributed by atoms with E-state index < -0.39 is 0 Å². The first-order valence-electron chi connectivity index (χ1n) is 8.14. The van der Waals surface area contributed by atoms with Crippen LogP contribution in [0.25, 0.3) is 5.76 Å². The summed E-state index contributed by atoms with van der Waals surface area (Å²) in [4.78, 5) is 2.39. The first kappa shape index (κ1) is 19.3. The Kier molecular flexibility index (Phi) is 9.10. The van der Waals surface area contributed by atoms with Crippen molar-refractivity contribution in [1.29, 1.82) is 0 Å². The first-order valence-corrected chi connectivity index (χ1v) is 8.14. The fourth-order valence-corrected chi connectivity index (χ4v) is 2.10. The number of allylic oxidation sites excluding steroid dienone is 1. The number of nitrogens with zero attached hydrogens (tertiary/aromatic N) is 1. The summed E-state index contributed by atoms with van der Waals surface area (Å²) >= 11 is 0. The van der Waals surface area contributed by atoms with Crippen LogP contribution in [0.4, 0.5) is 0 Å². The Morgan fingerprint density at radius 2 is 1.70 bits per heavy atom. The van der Waals surface area contributed by atoms with Gasteiger partial charge >= 0.3 is 0 Å². The van der Waals surface area contributed by atoms with Gasteiger partial charge in [-0.3, -0.25) is 4.90 Å². The fourth-order valence-electron chi connectivity index (χ4n) is 2.10. The predicted molar refractivity (Wildman–Crippen MR) is 94.8 cm³/mol. The van der Waals surface area contributed by atoms with Crippen LogP contribution in [0.15, 0.2) is 43.2 Å². The highest BCUT2D eigenvalue weighted by atomic mass is 16.7. The molecule has 0 atom stereocenters. The van der Waals surface area contributed by atoms with E-state index in [1.165, 1.54) is 5.56 Å². The van der Waals surface area contributed by atoms with Crippen LogP contribution in [0.3, 0.4) is 0 Å². The van der Waals surface area contributed by atoms with Gasteiger partial charge in [-0.25, -0.2) is 0 Å². The molecular formula is C19H29NO3. The lowest BCUT2D eigenvalue weighted by Crippen LogP contribution is -2.35. The maximum Gasteiger partial charge on any atom is 0.230 e. The highest BCUT2D eigenvalue weighted by Gasteiger charge is 2.10. The monoisotopic (exact) mass is 319 g/mol. The third kappa shape index (κ3) is 7.35. The molecule has 4 heteroatoms. The van der Waals surface area contributed by atoms with Crippen molar-refractivity contribution in [2.24, 2.45) is 0 Å². The second-order valence-corrected chi connectivity index (χ2v) is 5.12. The zero-order chi connectivity index (χ0) is 17.1. The third-order valence-corrected chi connectivity index (χ3v) is 3.32. The molecule has 0 amide bonds. The van der Waals surface area contributed by atoms with Gasteiger partial charge in [-0.15, -0.1) is 0 Å². The summed E-state index contributed by atoms with van der Waals surface area (Å²) in [6, 6.07) is 8.27. The van der Waals surface area contributed by atoms with E-state index in [0.29, 0.717) is 11.5 Å². The zero-order valence-corrected chi connectivity index (χ0v) is 14.6. The van der Waals surface area contributed by atoms with Gasteiger partial charge < -0.3 is 14.2 Å². The Hall–Kier alpha value is -1.78. The third-order valence-electron chi connectivity index (χ3n) is 3.32. The Balaban J connectivity index is 0.00000127. The molecule has 0 spiro atoms. The maximum absolute atomic E-state index is 5.42. The molecule has 1 aromatic rings. The van der Waals surface area contributed by atoms with E-state index >= 15 is 0 Å². The molecule has 0 aliphatic carbocycles. The molecule has 1 aliphatic rings. The highest BCUT2D eigenvalue weighted by Crippen LogP contribution is 2.16. The van der Waals surface area contributed by atoms with Crippen molar-refractivity contribution >= 4 is 5.76 Å². The van der Waals surface area contributed by atoms with Crippen molar-refractivity contribution in [2.75, 3.05) is 33.1 Å². The van der Waals surface area contributed by atoms with Gasteiger partial charge in [0.25, 0.3) is 0 Å². The molecule has 0 saturated carbocycles. The molecule has 0 unspecified atom stereocenters. The normalized spacial score (nSPS) is 14.4. The van der Waals surface area contributed by atoms with E-state index in [1.807, 2.05) is 26.0 Å². The summed E-state index contributed by atoms with van der Waals surface area (Å²) in [6.45, 7) is 18.1. The Labute approximate surface area is 140 Å².